The van der Waals surface area contributed by atoms with Crippen LogP contribution in [0.5, 0.6) is 5.75 Å². The molecule has 0 aliphatic heterocycles. The average molecular weight is 286 g/mol. The first-order chi connectivity index (χ1) is 9.08. The molecule has 0 aromatic heterocycles. The first-order valence-corrected chi connectivity index (χ1v) is 6.74. The van der Waals surface area contributed by atoms with Crippen molar-refractivity contribution in [1.29, 1.82) is 0 Å². The van der Waals surface area contributed by atoms with Crippen molar-refractivity contribution < 1.29 is 14.6 Å². The minimum Gasteiger partial charge on any atom is -0.497 e. The van der Waals surface area contributed by atoms with E-state index >= 15 is 0 Å². The highest BCUT2D eigenvalue weighted by Gasteiger charge is 2.16. The third kappa shape index (κ3) is 5.09. The zero-order valence-electron chi connectivity index (χ0n) is 11.3. The largest absolute Gasteiger partial charge is 0.497 e. The summed E-state index contributed by atoms with van der Waals surface area (Å²) in [7, 11) is 1.58. The molecule has 2 N–H and O–H groups in total. The minimum atomic E-state index is -0.821. The Hall–Kier alpha value is -1.26. The number of hydrogen-bond acceptors (Lipinski definition) is 3. The molecule has 0 aliphatic rings. The van der Waals surface area contributed by atoms with Gasteiger partial charge in [0.2, 0.25) is 0 Å². The Balaban J connectivity index is 2.61. The average Bonchev–Trinajstić information content (AvgIpc) is 2.39. The van der Waals surface area contributed by atoms with Crippen LogP contribution in [-0.4, -0.2) is 24.2 Å². The standard InChI is InChI=1S/C14H20ClNO3/c1-3-4-5-13(14(17)18)16-9-10-6-7-11(19-2)8-12(10)15/h6-8,13,16H,3-5,9H2,1-2H3,(H,17,18)/t13-/m0/s1. The van der Waals surface area contributed by atoms with E-state index in [1.807, 2.05) is 19.1 Å². The lowest BCUT2D eigenvalue weighted by molar-refractivity contribution is -0.139. The second-order valence-electron chi connectivity index (χ2n) is 4.37. The number of hydrogen-bond donors (Lipinski definition) is 2. The SMILES string of the molecule is CCCC[C@H](NCc1ccc(OC)cc1Cl)C(=O)O. The molecule has 0 radical (unpaired) electrons. The molecule has 1 rings (SSSR count). The van der Waals surface area contributed by atoms with Crippen LogP contribution in [0.3, 0.4) is 0 Å². The van der Waals surface area contributed by atoms with Gasteiger partial charge in [0.25, 0.3) is 0 Å². The number of rotatable bonds is 8. The molecule has 0 unspecified atom stereocenters. The maximum absolute atomic E-state index is 11.1. The number of carboxylic acids is 1. The molecule has 0 amide bonds. The fourth-order valence-electron chi connectivity index (χ4n) is 1.75. The van der Waals surface area contributed by atoms with Gasteiger partial charge in [0.1, 0.15) is 11.8 Å². The molecular formula is C14H20ClNO3. The topological polar surface area (TPSA) is 58.6 Å². The minimum absolute atomic E-state index is 0.434. The maximum atomic E-state index is 11.1. The molecule has 19 heavy (non-hydrogen) atoms. The molecule has 0 fully saturated rings. The van der Waals surface area contributed by atoms with Gasteiger partial charge < -0.3 is 15.2 Å². The molecule has 0 saturated heterocycles. The van der Waals surface area contributed by atoms with Gasteiger partial charge in [0.15, 0.2) is 0 Å². The van der Waals surface area contributed by atoms with E-state index in [9.17, 15) is 4.79 Å². The lowest BCUT2D eigenvalue weighted by Crippen LogP contribution is -2.36. The van der Waals surface area contributed by atoms with Gasteiger partial charge >= 0.3 is 5.97 Å². The van der Waals surface area contributed by atoms with Crippen LogP contribution in [0.2, 0.25) is 5.02 Å². The quantitative estimate of drug-likeness (QED) is 0.771. The van der Waals surface area contributed by atoms with Crippen LogP contribution in [0, 0.1) is 0 Å². The summed E-state index contributed by atoms with van der Waals surface area (Å²) >= 11 is 6.11. The number of carboxylic acid groups (broad SMARTS) is 1. The second-order valence-corrected chi connectivity index (χ2v) is 4.78. The Morgan fingerprint density at radius 1 is 1.53 bits per heavy atom. The fraction of sp³-hybridized carbons (Fsp3) is 0.500. The molecule has 0 aliphatic carbocycles. The molecule has 0 saturated carbocycles. The van der Waals surface area contributed by atoms with Gasteiger partial charge in [-0.2, -0.15) is 0 Å². The lowest BCUT2D eigenvalue weighted by Gasteiger charge is -2.15. The smallest absolute Gasteiger partial charge is 0.320 e. The van der Waals surface area contributed by atoms with Gasteiger partial charge in [0.05, 0.1) is 7.11 Å². The maximum Gasteiger partial charge on any atom is 0.320 e. The Labute approximate surface area is 118 Å². The summed E-state index contributed by atoms with van der Waals surface area (Å²) in [5.74, 6) is -0.132. The summed E-state index contributed by atoms with van der Waals surface area (Å²) in [6.07, 6.45) is 2.49. The summed E-state index contributed by atoms with van der Waals surface area (Å²) in [6.45, 7) is 2.47. The van der Waals surface area contributed by atoms with Crippen molar-refractivity contribution >= 4 is 17.6 Å². The number of methoxy groups -OCH3 is 1. The van der Waals surface area contributed by atoms with Gasteiger partial charge in [-0.15, -0.1) is 0 Å². The highest BCUT2D eigenvalue weighted by molar-refractivity contribution is 6.31. The Kier molecular flexibility index (Phi) is 6.67. The molecule has 0 spiro atoms. The van der Waals surface area contributed by atoms with Crippen molar-refractivity contribution in [2.24, 2.45) is 0 Å². The highest BCUT2D eigenvalue weighted by Crippen LogP contribution is 2.22. The van der Waals surface area contributed by atoms with E-state index in [0.29, 0.717) is 23.7 Å². The van der Waals surface area contributed by atoms with Gasteiger partial charge in [-0.05, 0) is 24.1 Å². The lowest BCUT2D eigenvalue weighted by atomic mass is 10.1. The molecule has 0 heterocycles. The predicted molar refractivity (Wildman–Crippen MR) is 75.8 cm³/mol. The van der Waals surface area contributed by atoms with Crippen molar-refractivity contribution in [2.75, 3.05) is 7.11 Å². The molecule has 1 aromatic rings. The van der Waals surface area contributed by atoms with E-state index in [2.05, 4.69) is 5.32 Å². The van der Waals surface area contributed by atoms with Crippen LogP contribution in [0.15, 0.2) is 18.2 Å². The van der Waals surface area contributed by atoms with Crippen LogP contribution < -0.4 is 10.1 Å². The van der Waals surface area contributed by atoms with Gasteiger partial charge in [-0.25, -0.2) is 0 Å². The fourth-order valence-corrected chi connectivity index (χ4v) is 1.99. The number of aliphatic carboxylic acids is 1. The van der Waals surface area contributed by atoms with E-state index in [0.717, 1.165) is 18.4 Å². The summed E-state index contributed by atoms with van der Waals surface area (Å²) in [5, 5.41) is 12.7. The molecule has 1 aromatic carbocycles. The van der Waals surface area contributed by atoms with E-state index in [4.69, 9.17) is 21.4 Å². The monoisotopic (exact) mass is 285 g/mol. The van der Waals surface area contributed by atoms with Crippen molar-refractivity contribution in [2.45, 2.75) is 38.8 Å². The van der Waals surface area contributed by atoms with E-state index in [-0.39, 0.29) is 0 Å². The third-order valence-electron chi connectivity index (χ3n) is 2.94. The second kappa shape index (κ2) is 8.02. The van der Waals surface area contributed by atoms with E-state index in [1.54, 1.807) is 13.2 Å². The number of carbonyl (C=O) groups is 1. The van der Waals surface area contributed by atoms with Gasteiger partial charge in [-0.3, -0.25) is 4.79 Å². The van der Waals surface area contributed by atoms with E-state index in [1.165, 1.54) is 0 Å². The van der Waals surface area contributed by atoms with E-state index < -0.39 is 12.0 Å². The van der Waals surface area contributed by atoms with Crippen molar-refractivity contribution in [3.05, 3.63) is 28.8 Å². The molecule has 4 nitrogen and oxygen atoms in total. The van der Waals surface area contributed by atoms with Gasteiger partial charge in [0, 0.05) is 11.6 Å². The van der Waals surface area contributed by atoms with Crippen molar-refractivity contribution in [1.82, 2.24) is 5.32 Å². The number of unbranched alkanes of at least 4 members (excludes halogenated alkanes) is 1. The normalized spacial score (nSPS) is 12.2. The van der Waals surface area contributed by atoms with Crippen LogP contribution in [-0.2, 0) is 11.3 Å². The van der Waals surface area contributed by atoms with Crippen LogP contribution in [0.1, 0.15) is 31.7 Å². The molecule has 106 valence electrons. The Morgan fingerprint density at radius 3 is 2.79 bits per heavy atom. The van der Waals surface area contributed by atoms with Crippen LogP contribution >= 0.6 is 11.6 Å². The van der Waals surface area contributed by atoms with Crippen molar-refractivity contribution in [3.8, 4) is 5.75 Å². The van der Waals surface area contributed by atoms with Crippen LogP contribution in [0.4, 0.5) is 0 Å². The molecular weight excluding hydrogens is 266 g/mol. The van der Waals surface area contributed by atoms with Gasteiger partial charge in [-0.1, -0.05) is 37.4 Å². The Bertz CT molecular complexity index is 423. The third-order valence-corrected chi connectivity index (χ3v) is 3.30. The van der Waals surface area contributed by atoms with Crippen molar-refractivity contribution in [3.63, 3.8) is 0 Å². The zero-order valence-corrected chi connectivity index (χ0v) is 12.0. The Morgan fingerprint density at radius 2 is 2.26 bits per heavy atom. The first kappa shape index (κ1) is 15.8. The molecule has 0 bridgehead atoms. The number of nitrogens with one attached hydrogen (secondary N) is 1. The number of ether oxygens (including phenoxy) is 1. The summed E-state index contributed by atoms with van der Waals surface area (Å²) < 4.78 is 5.07. The molecule has 5 heteroatoms. The summed E-state index contributed by atoms with van der Waals surface area (Å²) in [6, 6.07) is 4.84. The summed E-state index contributed by atoms with van der Waals surface area (Å²) in [4.78, 5) is 11.1. The number of benzene rings is 1. The number of halogens is 1. The predicted octanol–water partition coefficient (Wildman–Crippen LogP) is 3.08. The summed E-state index contributed by atoms with van der Waals surface area (Å²) in [5.41, 5.74) is 0.866. The molecule has 1 atom stereocenters. The highest BCUT2D eigenvalue weighted by atomic mass is 35.5. The van der Waals surface area contributed by atoms with Crippen LogP contribution in [0.25, 0.3) is 0 Å². The zero-order chi connectivity index (χ0) is 14.3. The first-order valence-electron chi connectivity index (χ1n) is 6.37.